The second-order valence-corrected chi connectivity index (χ2v) is 5.93. The average Bonchev–Trinajstić information content (AvgIpc) is 3.08. The van der Waals surface area contributed by atoms with Crippen LogP contribution in [0.25, 0.3) is 0 Å². The van der Waals surface area contributed by atoms with E-state index < -0.39 is 5.60 Å². The molecule has 0 bridgehead atoms. The Morgan fingerprint density at radius 1 is 1.23 bits per heavy atom. The van der Waals surface area contributed by atoms with E-state index in [1.165, 1.54) is 12.4 Å². The lowest BCUT2D eigenvalue weighted by molar-refractivity contribution is -0.151. The van der Waals surface area contributed by atoms with Gasteiger partial charge in [-0.25, -0.2) is 9.97 Å². The monoisotopic (exact) mass is 301 g/mol. The van der Waals surface area contributed by atoms with Crippen molar-refractivity contribution in [1.82, 2.24) is 14.9 Å². The third-order valence-corrected chi connectivity index (χ3v) is 4.34. The molecule has 0 saturated carbocycles. The van der Waals surface area contributed by atoms with E-state index in [4.69, 9.17) is 5.26 Å². The van der Waals surface area contributed by atoms with E-state index in [1.54, 1.807) is 4.90 Å². The van der Waals surface area contributed by atoms with Gasteiger partial charge in [0, 0.05) is 19.6 Å². The number of nitriles is 1. The molecule has 1 aromatic rings. The van der Waals surface area contributed by atoms with Gasteiger partial charge in [0.15, 0.2) is 11.3 Å². The Bertz CT molecular complexity index is 591. The molecule has 3 heterocycles. The van der Waals surface area contributed by atoms with Crippen molar-refractivity contribution in [2.75, 3.05) is 31.1 Å². The molecule has 22 heavy (non-hydrogen) atoms. The molecule has 7 heteroatoms. The average molecular weight is 301 g/mol. The molecule has 2 aliphatic heterocycles. The molecule has 1 amide bonds. The molecule has 116 valence electrons. The summed E-state index contributed by atoms with van der Waals surface area (Å²) in [5, 5.41) is 19.6. The van der Waals surface area contributed by atoms with Gasteiger partial charge in [0.1, 0.15) is 11.9 Å². The number of aliphatic hydroxyl groups is 1. The van der Waals surface area contributed by atoms with E-state index >= 15 is 0 Å². The summed E-state index contributed by atoms with van der Waals surface area (Å²) < 4.78 is 0. The standard InChI is InChI=1S/C15H19N5O2/c16-8-12-9-18-13(10-17-12)20-7-3-4-15(22,11-20)14(21)19-5-1-2-6-19/h9-10,22H,1-7,11H2. The lowest BCUT2D eigenvalue weighted by Gasteiger charge is -2.40. The fourth-order valence-electron chi connectivity index (χ4n) is 3.16. The minimum absolute atomic E-state index is 0.170. The van der Waals surface area contributed by atoms with E-state index in [1.807, 2.05) is 11.0 Å². The molecule has 0 aromatic carbocycles. The maximum absolute atomic E-state index is 12.6. The largest absolute Gasteiger partial charge is 0.378 e. The Labute approximate surface area is 129 Å². The van der Waals surface area contributed by atoms with Gasteiger partial charge in [-0.15, -0.1) is 0 Å². The van der Waals surface area contributed by atoms with Gasteiger partial charge in [-0.1, -0.05) is 0 Å². The van der Waals surface area contributed by atoms with Crippen LogP contribution in [0, 0.1) is 11.3 Å². The zero-order valence-corrected chi connectivity index (χ0v) is 12.4. The first kappa shape index (κ1) is 14.7. The third-order valence-electron chi connectivity index (χ3n) is 4.34. The lowest BCUT2D eigenvalue weighted by Crippen LogP contribution is -2.58. The second kappa shape index (κ2) is 5.89. The molecule has 1 atom stereocenters. The number of β-amino-alcohol motifs (C(OH)–C–C–N with tert-alkyl or cyclic N) is 1. The molecule has 1 unspecified atom stereocenters. The van der Waals surface area contributed by atoms with Gasteiger partial charge >= 0.3 is 0 Å². The number of likely N-dealkylation sites (tertiary alicyclic amines) is 1. The topological polar surface area (TPSA) is 93.3 Å². The molecule has 0 radical (unpaired) electrons. The summed E-state index contributed by atoms with van der Waals surface area (Å²) in [6.07, 6.45) is 6.13. The highest BCUT2D eigenvalue weighted by Crippen LogP contribution is 2.27. The Morgan fingerprint density at radius 3 is 2.64 bits per heavy atom. The number of piperidine rings is 1. The van der Waals surface area contributed by atoms with Crippen LogP contribution >= 0.6 is 0 Å². The minimum atomic E-state index is -1.35. The molecular weight excluding hydrogens is 282 g/mol. The number of anilines is 1. The van der Waals surface area contributed by atoms with E-state index in [0.717, 1.165) is 38.9 Å². The number of amides is 1. The van der Waals surface area contributed by atoms with Crippen LogP contribution in [0.4, 0.5) is 5.82 Å². The Balaban J connectivity index is 1.75. The highest BCUT2D eigenvalue weighted by molar-refractivity contribution is 5.86. The summed E-state index contributed by atoms with van der Waals surface area (Å²) in [4.78, 5) is 24.4. The van der Waals surface area contributed by atoms with Crippen molar-refractivity contribution in [3.05, 3.63) is 18.1 Å². The van der Waals surface area contributed by atoms with Gasteiger partial charge in [-0.2, -0.15) is 5.26 Å². The predicted octanol–water partition coefficient (Wildman–Crippen LogP) is 0.302. The van der Waals surface area contributed by atoms with Gasteiger partial charge in [-0.3, -0.25) is 4.79 Å². The second-order valence-electron chi connectivity index (χ2n) is 5.93. The summed E-state index contributed by atoms with van der Waals surface area (Å²) in [6.45, 7) is 2.41. The molecule has 2 fully saturated rings. The highest BCUT2D eigenvalue weighted by atomic mass is 16.3. The molecule has 2 saturated heterocycles. The van der Waals surface area contributed by atoms with Gasteiger partial charge in [-0.05, 0) is 25.7 Å². The summed E-state index contributed by atoms with van der Waals surface area (Å²) in [6, 6.07) is 1.93. The van der Waals surface area contributed by atoms with Crippen molar-refractivity contribution in [2.45, 2.75) is 31.3 Å². The lowest BCUT2D eigenvalue weighted by atomic mass is 9.91. The smallest absolute Gasteiger partial charge is 0.256 e. The van der Waals surface area contributed by atoms with E-state index in [-0.39, 0.29) is 18.1 Å². The van der Waals surface area contributed by atoms with Crippen LogP contribution in [0.1, 0.15) is 31.4 Å². The van der Waals surface area contributed by atoms with E-state index in [2.05, 4.69) is 9.97 Å². The fourth-order valence-corrected chi connectivity index (χ4v) is 3.16. The van der Waals surface area contributed by atoms with Crippen LogP contribution < -0.4 is 4.90 Å². The van der Waals surface area contributed by atoms with Crippen molar-refractivity contribution in [1.29, 1.82) is 5.26 Å². The van der Waals surface area contributed by atoms with E-state index in [9.17, 15) is 9.90 Å². The van der Waals surface area contributed by atoms with Crippen LogP contribution in [0.3, 0.4) is 0 Å². The van der Waals surface area contributed by atoms with Crippen molar-refractivity contribution in [3.8, 4) is 6.07 Å². The molecule has 3 rings (SSSR count). The third kappa shape index (κ3) is 2.74. The molecule has 0 spiro atoms. The number of nitrogens with zero attached hydrogens (tertiary/aromatic N) is 5. The Hall–Kier alpha value is -2.20. The minimum Gasteiger partial charge on any atom is -0.378 e. The van der Waals surface area contributed by atoms with Crippen molar-refractivity contribution in [3.63, 3.8) is 0 Å². The van der Waals surface area contributed by atoms with Gasteiger partial charge in [0.05, 0.1) is 18.9 Å². The summed E-state index contributed by atoms with van der Waals surface area (Å²) >= 11 is 0. The summed E-state index contributed by atoms with van der Waals surface area (Å²) in [5.74, 6) is 0.419. The number of rotatable bonds is 2. The number of aromatic nitrogens is 2. The maximum atomic E-state index is 12.6. The summed E-state index contributed by atoms with van der Waals surface area (Å²) in [7, 11) is 0. The van der Waals surface area contributed by atoms with Gasteiger partial charge in [0.2, 0.25) is 0 Å². The Morgan fingerprint density at radius 2 is 2.00 bits per heavy atom. The van der Waals surface area contributed by atoms with Crippen LogP contribution in [0.2, 0.25) is 0 Å². The van der Waals surface area contributed by atoms with Crippen LogP contribution in [0.5, 0.6) is 0 Å². The molecule has 7 nitrogen and oxygen atoms in total. The Kier molecular flexibility index (Phi) is 3.94. The maximum Gasteiger partial charge on any atom is 0.256 e. The summed E-state index contributed by atoms with van der Waals surface area (Å²) in [5.41, 5.74) is -1.10. The number of carbonyl (C=O) groups excluding carboxylic acids is 1. The van der Waals surface area contributed by atoms with Crippen molar-refractivity contribution >= 4 is 11.7 Å². The molecule has 0 aliphatic carbocycles. The van der Waals surface area contributed by atoms with Gasteiger partial charge < -0.3 is 14.9 Å². The fraction of sp³-hybridized carbons (Fsp3) is 0.600. The SMILES string of the molecule is N#Cc1cnc(N2CCCC(O)(C(=O)N3CCCC3)C2)cn1. The zero-order valence-electron chi connectivity index (χ0n) is 12.4. The van der Waals surface area contributed by atoms with E-state index in [0.29, 0.717) is 12.2 Å². The first-order valence-corrected chi connectivity index (χ1v) is 7.61. The first-order chi connectivity index (χ1) is 10.6. The molecule has 1 aromatic heterocycles. The molecule has 2 aliphatic rings. The quantitative estimate of drug-likeness (QED) is 0.844. The van der Waals surface area contributed by atoms with Crippen molar-refractivity contribution in [2.24, 2.45) is 0 Å². The highest BCUT2D eigenvalue weighted by Gasteiger charge is 2.43. The number of hydrogen-bond acceptors (Lipinski definition) is 6. The van der Waals surface area contributed by atoms with Crippen LogP contribution in [0.15, 0.2) is 12.4 Å². The zero-order chi connectivity index (χ0) is 15.6. The predicted molar refractivity (Wildman–Crippen MR) is 79.0 cm³/mol. The first-order valence-electron chi connectivity index (χ1n) is 7.61. The van der Waals surface area contributed by atoms with Crippen LogP contribution in [-0.4, -0.2) is 57.7 Å². The molecule has 1 N–H and O–H groups in total. The van der Waals surface area contributed by atoms with Crippen LogP contribution in [-0.2, 0) is 4.79 Å². The van der Waals surface area contributed by atoms with Gasteiger partial charge in [0.25, 0.3) is 5.91 Å². The van der Waals surface area contributed by atoms with Crippen molar-refractivity contribution < 1.29 is 9.90 Å². The number of hydrogen-bond donors (Lipinski definition) is 1. The normalized spacial score (nSPS) is 25.1. The molecular formula is C15H19N5O2. The number of carbonyl (C=O) groups is 1.